The van der Waals surface area contributed by atoms with Crippen LogP contribution in [0.3, 0.4) is 0 Å². The average molecular weight is 326 g/mol. The molecule has 7 heteroatoms. The second-order valence-corrected chi connectivity index (χ2v) is 4.86. The molecule has 2 aromatic heterocycles. The highest BCUT2D eigenvalue weighted by atomic mass is 35.5. The molecule has 0 bridgehead atoms. The number of anilines is 2. The maximum atomic E-state index is 13.7. The zero-order valence-corrected chi connectivity index (χ0v) is 12.2. The van der Waals surface area contributed by atoms with E-state index >= 15 is 0 Å². The van der Waals surface area contributed by atoms with Gasteiger partial charge in [0.1, 0.15) is 17.5 Å². The standard InChI is InChI=1S/C14H9F2N3S.ClH/c15-9-4-5-11(16)10(7-9)12-8-20-14(18-12)19-13-3-1-2-6-17-13;/h1-8H,(H,17,18,19);1H. The van der Waals surface area contributed by atoms with Gasteiger partial charge in [0.05, 0.1) is 5.69 Å². The molecule has 0 unspecified atom stereocenters. The molecule has 21 heavy (non-hydrogen) atoms. The second-order valence-electron chi connectivity index (χ2n) is 4.00. The van der Waals surface area contributed by atoms with Crippen molar-refractivity contribution in [2.45, 2.75) is 0 Å². The summed E-state index contributed by atoms with van der Waals surface area (Å²) in [4.78, 5) is 8.35. The molecule has 0 aliphatic rings. The van der Waals surface area contributed by atoms with Crippen LogP contribution in [0.2, 0.25) is 0 Å². The van der Waals surface area contributed by atoms with Gasteiger partial charge in [-0.05, 0) is 30.3 Å². The Morgan fingerprint density at radius 2 is 1.95 bits per heavy atom. The summed E-state index contributed by atoms with van der Waals surface area (Å²) in [5.41, 5.74) is 0.542. The van der Waals surface area contributed by atoms with Crippen LogP contribution in [0.1, 0.15) is 0 Å². The number of benzene rings is 1. The molecule has 0 aliphatic carbocycles. The molecule has 0 fully saturated rings. The molecule has 0 aliphatic heterocycles. The third-order valence-electron chi connectivity index (χ3n) is 2.61. The third-order valence-corrected chi connectivity index (χ3v) is 3.37. The number of hydrogen-bond donors (Lipinski definition) is 1. The van der Waals surface area contributed by atoms with Crippen LogP contribution in [0.15, 0.2) is 48.0 Å². The van der Waals surface area contributed by atoms with Crippen molar-refractivity contribution in [2.75, 3.05) is 5.32 Å². The summed E-state index contributed by atoms with van der Waals surface area (Å²) in [6.45, 7) is 0. The van der Waals surface area contributed by atoms with Gasteiger partial charge in [0.15, 0.2) is 5.13 Å². The molecule has 0 atom stereocenters. The van der Waals surface area contributed by atoms with E-state index in [9.17, 15) is 8.78 Å². The number of halogens is 3. The fraction of sp³-hybridized carbons (Fsp3) is 0. The maximum Gasteiger partial charge on any atom is 0.188 e. The van der Waals surface area contributed by atoms with E-state index in [2.05, 4.69) is 15.3 Å². The lowest BCUT2D eigenvalue weighted by atomic mass is 10.1. The van der Waals surface area contributed by atoms with Crippen molar-refractivity contribution in [3.05, 3.63) is 59.6 Å². The third kappa shape index (κ3) is 3.53. The predicted molar refractivity (Wildman–Crippen MR) is 82.2 cm³/mol. The second kappa shape index (κ2) is 6.60. The maximum absolute atomic E-state index is 13.7. The van der Waals surface area contributed by atoms with Crippen molar-refractivity contribution < 1.29 is 8.78 Å². The smallest absolute Gasteiger partial charge is 0.188 e. The molecule has 108 valence electrons. The van der Waals surface area contributed by atoms with E-state index in [1.165, 1.54) is 11.3 Å². The number of nitrogens with one attached hydrogen (secondary N) is 1. The highest BCUT2D eigenvalue weighted by Gasteiger charge is 2.10. The van der Waals surface area contributed by atoms with Gasteiger partial charge in [-0.1, -0.05) is 6.07 Å². The van der Waals surface area contributed by atoms with Crippen LogP contribution in [0.25, 0.3) is 11.3 Å². The minimum Gasteiger partial charge on any atom is -0.316 e. The monoisotopic (exact) mass is 325 g/mol. The highest BCUT2D eigenvalue weighted by molar-refractivity contribution is 7.14. The van der Waals surface area contributed by atoms with Crippen LogP contribution < -0.4 is 5.32 Å². The van der Waals surface area contributed by atoms with Gasteiger partial charge in [-0.15, -0.1) is 23.7 Å². The van der Waals surface area contributed by atoms with E-state index in [0.29, 0.717) is 16.6 Å². The minimum atomic E-state index is -0.499. The topological polar surface area (TPSA) is 37.8 Å². The Bertz CT molecular complexity index is 734. The molecular formula is C14H10ClF2N3S. The minimum absolute atomic E-state index is 0. The first-order valence-electron chi connectivity index (χ1n) is 5.81. The molecule has 0 spiro atoms. The Hall–Kier alpha value is -2.05. The zero-order chi connectivity index (χ0) is 13.9. The summed E-state index contributed by atoms with van der Waals surface area (Å²) < 4.78 is 26.8. The molecule has 3 aromatic rings. The van der Waals surface area contributed by atoms with Gasteiger partial charge in [-0.3, -0.25) is 0 Å². The largest absolute Gasteiger partial charge is 0.316 e. The van der Waals surface area contributed by atoms with Crippen LogP contribution >= 0.6 is 23.7 Å². The van der Waals surface area contributed by atoms with E-state index in [0.717, 1.165) is 18.2 Å². The highest BCUT2D eigenvalue weighted by Crippen LogP contribution is 2.28. The molecule has 3 nitrogen and oxygen atoms in total. The van der Waals surface area contributed by atoms with Crippen LogP contribution in [-0.2, 0) is 0 Å². The number of rotatable bonds is 3. The van der Waals surface area contributed by atoms with Gasteiger partial charge in [0, 0.05) is 17.1 Å². The van der Waals surface area contributed by atoms with Crippen molar-refractivity contribution in [1.29, 1.82) is 0 Å². The summed E-state index contributed by atoms with van der Waals surface area (Å²) in [7, 11) is 0. The molecule has 0 amide bonds. The molecule has 0 saturated heterocycles. The number of pyridine rings is 1. The van der Waals surface area contributed by atoms with Crippen molar-refractivity contribution >= 4 is 34.7 Å². The molecule has 1 N–H and O–H groups in total. The summed E-state index contributed by atoms with van der Waals surface area (Å²) in [5.74, 6) is -0.345. The number of thiazole rings is 1. The zero-order valence-electron chi connectivity index (χ0n) is 10.6. The fourth-order valence-corrected chi connectivity index (χ4v) is 2.41. The lowest BCUT2D eigenvalue weighted by molar-refractivity contribution is 0.603. The first-order chi connectivity index (χ1) is 9.72. The Kier molecular flexibility index (Phi) is 4.82. The van der Waals surface area contributed by atoms with Gasteiger partial charge in [0.25, 0.3) is 0 Å². The Morgan fingerprint density at radius 3 is 2.71 bits per heavy atom. The van der Waals surface area contributed by atoms with E-state index in [1.54, 1.807) is 23.7 Å². The van der Waals surface area contributed by atoms with Gasteiger partial charge < -0.3 is 5.32 Å². The molecule has 1 aromatic carbocycles. The van der Waals surface area contributed by atoms with Crippen LogP contribution in [0, 0.1) is 11.6 Å². The number of nitrogens with zero attached hydrogens (tertiary/aromatic N) is 2. The molecule has 0 saturated carbocycles. The van der Waals surface area contributed by atoms with Crippen LogP contribution in [0.4, 0.5) is 19.7 Å². The molecule has 2 heterocycles. The van der Waals surface area contributed by atoms with Gasteiger partial charge >= 0.3 is 0 Å². The summed E-state index contributed by atoms with van der Waals surface area (Å²) in [5, 5.41) is 5.25. The van der Waals surface area contributed by atoms with E-state index in [-0.39, 0.29) is 18.0 Å². The van der Waals surface area contributed by atoms with Gasteiger partial charge in [0.2, 0.25) is 0 Å². The molecule has 0 radical (unpaired) electrons. The summed E-state index contributed by atoms with van der Waals surface area (Å²) in [6.07, 6.45) is 1.66. The van der Waals surface area contributed by atoms with E-state index in [1.807, 2.05) is 6.07 Å². The van der Waals surface area contributed by atoms with Crippen LogP contribution in [-0.4, -0.2) is 9.97 Å². The van der Waals surface area contributed by atoms with Crippen molar-refractivity contribution in [2.24, 2.45) is 0 Å². The number of aromatic nitrogens is 2. The quantitative estimate of drug-likeness (QED) is 0.761. The van der Waals surface area contributed by atoms with Gasteiger partial charge in [-0.25, -0.2) is 18.7 Å². The van der Waals surface area contributed by atoms with E-state index < -0.39 is 11.6 Å². The predicted octanol–water partition coefficient (Wildman–Crippen LogP) is 4.65. The van der Waals surface area contributed by atoms with Crippen molar-refractivity contribution in [3.8, 4) is 11.3 Å². The Balaban J connectivity index is 0.00000161. The fourth-order valence-electron chi connectivity index (χ4n) is 1.69. The van der Waals surface area contributed by atoms with Crippen LogP contribution in [0.5, 0.6) is 0 Å². The summed E-state index contributed by atoms with van der Waals surface area (Å²) >= 11 is 1.30. The lowest BCUT2D eigenvalue weighted by Crippen LogP contribution is -1.92. The molecule has 3 rings (SSSR count). The first-order valence-corrected chi connectivity index (χ1v) is 6.69. The lowest BCUT2D eigenvalue weighted by Gasteiger charge is -2.01. The Labute approximate surface area is 130 Å². The molecular weight excluding hydrogens is 316 g/mol. The average Bonchev–Trinajstić information content (AvgIpc) is 2.91. The van der Waals surface area contributed by atoms with E-state index in [4.69, 9.17) is 0 Å². The number of hydrogen-bond acceptors (Lipinski definition) is 4. The SMILES string of the molecule is Cl.Fc1ccc(F)c(-c2csc(Nc3ccccn3)n2)c1. The Morgan fingerprint density at radius 1 is 1.10 bits per heavy atom. The van der Waals surface area contributed by atoms with Gasteiger partial charge in [-0.2, -0.15) is 0 Å². The van der Waals surface area contributed by atoms with Crippen molar-refractivity contribution in [3.63, 3.8) is 0 Å². The normalized spacial score (nSPS) is 10.0. The summed E-state index contributed by atoms with van der Waals surface area (Å²) in [6, 6.07) is 8.75. The first kappa shape index (κ1) is 15.3. The van der Waals surface area contributed by atoms with Crippen molar-refractivity contribution in [1.82, 2.24) is 9.97 Å².